The van der Waals surface area contributed by atoms with Gasteiger partial charge in [-0.3, -0.25) is 14.8 Å². The molecule has 0 aromatic carbocycles. The van der Waals surface area contributed by atoms with Crippen molar-refractivity contribution >= 4 is 5.91 Å². The van der Waals surface area contributed by atoms with Crippen molar-refractivity contribution in [2.75, 3.05) is 0 Å². The largest absolute Gasteiger partial charge is 0.313 e. The molecule has 0 aliphatic rings. The summed E-state index contributed by atoms with van der Waals surface area (Å²) >= 11 is 0. The summed E-state index contributed by atoms with van der Waals surface area (Å²) in [6.07, 6.45) is 1.08. The molecule has 0 aliphatic carbocycles. The SMILES string of the molecule is O=C(NO)c1cc(=O)[nH]cn1. The Hall–Kier alpha value is -1.69. The predicted octanol–water partition coefficient (Wildman–Crippen LogP) is -1.11. The number of hydroxylamine groups is 1. The Morgan fingerprint density at radius 1 is 1.73 bits per heavy atom. The van der Waals surface area contributed by atoms with Gasteiger partial charge in [-0.15, -0.1) is 0 Å². The number of H-pyrrole nitrogens is 1. The van der Waals surface area contributed by atoms with Gasteiger partial charge < -0.3 is 4.98 Å². The molecule has 1 amide bonds. The van der Waals surface area contributed by atoms with Crippen molar-refractivity contribution in [3.05, 3.63) is 28.4 Å². The molecule has 0 bridgehead atoms. The van der Waals surface area contributed by atoms with Crippen molar-refractivity contribution < 1.29 is 10.0 Å². The number of rotatable bonds is 1. The minimum atomic E-state index is -0.809. The molecule has 0 spiro atoms. The van der Waals surface area contributed by atoms with Gasteiger partial charge in [0.25, 0.3) is 11.5 Å². The highest BCUT2D eigenvalue weighted by molar-refractivity contribution is 5.91. The third-order valence-electron chi connectivity index (χ3n) is 1.01. The van der Waals surface area contributed by atoms with E-state index < -0.39 is 11.5 Å². The van der Waals surface area contributed by atoms with E-state index in [1.165, 1.54) is 5.48 Å². The second-order valence-electron chi connectivity index (χ2n) is 1.74. The Morgan fingerprint density at radius 2 is 2.45 bits per heavy atom. The van der Waals surface area contributed by atoms with Gasteiger partial charge in [-0.25, -0.2) is 10.5 Å². The van der Waals surface area contributed by atoms with Crippen molar-refractivity contribution in [1.29, 1.82) is 0 Å². The molecule has 1 aromatic heterocycles. The Balaban J connectivity index is 3.05. The molecule has 1 heterocycles. The van der Waals surface area contributed by atoms with Crippen LogP contribution in [0.25, 0.3) is 0 Å². The summed E-state index contributed by atoms with van der Waals surface area (Å²) in [5, 5.41) is 8.13. The van der Waals surface area contributed by atoms with Crippen LogP contribution in [0.15, 0.2) is 17.2 Å². The summed E-state index contributed by atoms with van der Waals surface area (Å²) in [6.45, 7) is 0. The Morgan fingerprint density at radius 3 is 3.00 bits per heavy atom. The molecule has 0 fully saturated rings. The van der Waals surface area contributed by atoms with Crippen molar-refractivity contribution in [3.63, 3.8) is 0 Å². The number of aromatic nitrogens is 2. The van der Waals surface area contributed by atoms with Crippen LogP contribution in [0.5, 0.6) is 0 Å². The van der Waals surface area contributed by atoms with E-state index in [0.29, 0.717) is 0 Å². The summed E-state index contributed by atoms with van der Waals surface area (Å²) in [7, 11) is 0. The topological polar surface area (TPSA) is 95.1 Å². The van der Waals surface area contributed by atoms with Gasteiger partial charge in [0.05, 0.1) is 6.33 Å². The van der Waals surface area contributed by atoms with Crippen LogP contribution in [0.2, 0.25) is 0 Å². The zero-order valence-electron chi connectivity index (χ0n) is 5.37. The molecule has 0 unspecified atom stereocenters. The summed E-state index contributed by atoms with van der Waals surface area (Å²) in [5.41, 5.74) is 0.780. The normalized spacial score (nSPS) is 9.18. The lowest BCUT2D eigenvalue weighted by Crippen LogP contribution is -2.22. The maximum atomic E-state index is 10.6. The van der Waals surface area contributed by atoms with E-state index in [2.05, 4.69) is 9.97 Å². The number of hydrogen-bond donors (Lipinski definition) is 3. The number of carbonyl (C=O) groups excluding carboxylic acids is 1. The Labute approximate surface area is 60.9 Å². The summed E-state index contributed by atoms with van der Waals surface area (Å²) in [4.78, 5) is 26.8. The second kappa shape index (κ2) is 2.93. The molecule has 0 saturated heterocycles. The molecule has 11 heavy (non-hydrogen) atoms. The van der Waals surface area contributed by atoms with Gasteiger partial charge in [0, 0.05) is 6.07 Å². The Bertz CT molecular complexity index is 319. The van der Waals surface area contributed by atoms with Crippen LogP contribution in [0.1, 0.15) is 10.5 Å². The summed E-state index contributed by atoms with van der Waals surface area (Å²) in [6, 6.07) is 0.978. The van der Waals surface area contributed by atoms with E-state index in [1.807, 2.05) is 0 Å². The lowest BCUT2D eigenvalue weighted by Gasteiger charge is -1.93. The standard InChI is InChI=1S/C5H5N3O3/c9-4-1-3(5(10)8-11)6-2-7-4/h1-2,11H,(H,8,10)(H,6,7,9). The number of amides is 1. The van der Waals surface area contributed by atoms with Gasteiger partial charge in [-0.2, -0.15) is 0 Å². The van der Waals surface area contributed by atoms with Gasteiger partial charge in [0.1, 0.15) is 5.69 Å². The molecule has 58 valence electrons. The highest BCUT2D eigenvalue weighted by atomic mass is 16.5. The average Bonchev–Trinajstić information content (AvgIpc) is 2.03. The molecule has 3 N–H and O–H groups in total. The molecule has 6 nitrogen and oxygen atoms in total. The van der Waals surface area contributed by atoms with E-state index in [0.717, 1.165) is 12.4 Å². The number of nitrogens with zero attached hydrogens (tertiary/aromatic N) is 1. The van der Waals surface area contributed by atoms with Crippen molar-refractivity contribution in [2.24, 2.45) is 0 Å². The minimum absolute atomic E-state index is 0.128. The van der Waals surface area contributed by atoms with Gasteiger partial charge in [0.2, 0.25) is 0 Å². The van der Waals surface area contributed by atoms with Gasteiger partial charge in [-0.05, 0) is 0 Å². The fourth-order valence-corrected chi connectivity index (χ4v) is 0.550. The van der Waals surface area contributed by atoms with Crippen LogP contribution in [0.4, 0.5) is 0 Å². The van der Waals surface area contributed by atoms with Crippen LogP contribution in [0.3, 0.4) is 0 Å². The first-order valence-electron chi connectivity index (χ1n) is 2.73. The van der Waals surface area contributed by atoms with Crippen LogP contribution >= 0.6 is 0 Å². The zero-order chi connectivity index (χ0) is 8.27. The van der Waals surface area contributed by atoms with E-state index >= 15 is 0 Å². The van der Waals surface area contributed by atoms with Crippen LogP contribution in [-0.2, 0) is 0 Å². The quantitative estimate of drug-likeness (QED) is 0.354. The van der Waals surface area contributed by atoms with Crippen LogP contribution in [0, 0.1) is 0 Å². The molecule has 1 aromatic rings. The maximum absolute atomic E-state index is 10.6. The summed E-state index contributed by atoms with van der Waals surface area (Å²) in [5.74, 6) is -0.809. The highest BCUT2D eigenvalue weighted by Crippen LogP contribution is 1.84. The first kappa shape index (κ1) is 7.42. The monoisotopic (exact) mass is 155 g/mol. The van der Waals surface area contributed by atoms with E-state index in [1.54, 1.807) is 0 Å². The average molecular weight is 155 g/mol. The number of nitrogens with one attached hydrogen (secondary N) is 2. The van der Waals surface area contributed by atoms with E-state index in [9.17, 15) is 9.59 Å². The Kier molecular flexibility index (Phi) is 1.98. The van der Waals surface area contributed by atoms with E-state index in [4.69, 9.17) is 5.21 Å². The second-order valence-corrected chi connectivity index (χ2v) is 1.74. The fraction of sp³-hybridized carbons (Fsp3) is 0. The zero-order valence-corrected chi connectivity index (χ0v) is 5.37. The van der Waals surface area contributed by atoms with Crippen LogP contribution in [-0.4, -0.2) is 21.1 Å². The summed E-state index contributed by atoms with van der Waals surface area (Å²) < 4.78 is 0. The predicted molar refractivity (Wildman–Crippen MR) is 34.1 cm³/mol. The molecule has 1 rings (SSSR count). The molecule has 6 heteroatoms. The van der Waals surface area contributed by atoms with Crippen molar-refractivity contribution in [2.45, 2.75) is 0 Å². The fourth-order valence-electron chi connectivity index (χ4n) is 0.550. The van der Waals surface area contributed by atoms with Crippen LogP contribution < -0.4 is 11.0 Å². The highest BCUT2D eigenvalue weighted by Gasteiger charge is 2.04. The lowest BCUT2D eigenvalue weighted by molar-refractivity contribution is 0.0700. The minimum Gasteiger partial charge on any atom is -0.313 e. The molecule has 0 saturated carbocycles. The lowest BCUT2D eigenvalue weighted by atomic mass is 10.4. The molecular formula is C5H5N3O3. The van der Waals surface area contributed by atoms with Crippen molar-refractivity contribution in [3.8, 4) is 0 Å². The van der Waals surface area contributed by atoms with Gasteiger partial charge in [-0.1, -0.05) is 0 Å². The first-order chi connectivity index (χ1) is 5.24. The third-order valence-corrected chi connectivity index (χ3v) is 1.01. The smallest absolute Gasteiger partial charge is 0.293 e. The molecule has 0 aliphatic heterocycles. The number of aromatic amines is 1. The van der Waals surface area contributed by atoms with Gasteiger partial charge in [0.15, 0.2) is 0 Å². The number of hydrogen-bond acceptors (Lipinski definition) is 4. The van der Waals surface area contributed by atoms with E-state index in [-0.39, 0.29) is 5.69 Å². The first-order valence-corrected chi connectivity index (χ1v) is 2.73. The third kappa shape index (κ3) is 1.62. The maximum Gasteiger partial charge on any atom is 0.293 e. The van der Waals surface area contributed by atoms with Crippen molar-refractivity contribution in [1.82, 2.24) is 15.4 Å². The molecular weight excluding hydrogens is 150 g/mol. The van der Waals surface area contributed by atoms with Gasteiger partial charge >= 0.3 is 0 Å². The molecule has 0 atom stereocenters. The number of carbonyl (C=O) groups is 1. The molecule has 0 radical (unpaired) electrons.